The molecule has 1 fully saturated rings. The average Bonchev–Trinajstić information content (AvgIpc) is 2.68. The monoisotopic (exact) mass is 372 g/mol. The molecule has 3 aliphatic rings. The summed E-state index contributed by atoms with van der Waals surface area (Å²) in [5.74, 6) is 0.819. The lowest BCUT2D eigenvalue weighted by Gasteiger charge is -2.33. The molecule has 1 atom stereocenters. The number of nitrogens with one attached hydrogen (secondary N) is 2. The Morgan fingerprint density at radius 1 is 1.19 bits per heavy atom. The van der Waals surface area contributed by atoms with Crippen molar-refractivity contribution in [1.29, 1.82) is 0 Å². The third-order valence-electron chi connectivity index (χ3n) is 5.45. The second-order valence-corrected chi connectivity index (χ2v) is 7.58. The van der Waals surface area contributed by atoms with Gasteiger partial charge in [0.25, 0.3) is 11.5 Å². The summed E-state index contributed by atoms with van der Waals surface area (Å²) in [5.41, 5.74) is 3.82. The number of aromatic amines is 1. The molecule has 0 aliphatic carbocycles. The lowest BCUT2D eigenvalue weighted by atomic mass is 10.0. The molecule has 144 valence electrons. The van der Waals surface area contributed by atoms with Gasteiger partial charge in [0.2, 0.25) is 11.9 Å². The van der Waals surface area contributed by atoms with Crippen LogP contribution in [0.1, 0.15) is 43.9 Å². The maximum Gasteiger partial charge on any atom is 0.270 e. The minimum Gasteiger partial charge on any atom is -0.342 e. The number of aromatic nitrogens is 2. The number of anilines is 1. The Balaban J connectivity index is 1.52. The van der Waals surface area contributed by atoms with Gasteiger partial charge in [0, 0.05) is 38.9 Å². The number of fused-ring (bicyclic) bond motifs is 1. The molecule has 1 saturated heterocycles. The zero-order valence-electron chi connectivity index (χ0n) is 15.5. The highest BCUT2D eigenvalue weighted by molar-refractivity contribution is 6.39. The molecule has 2 amide bonds. The standard InChI is InChI=1S/C18H24N6O3/c1-11-3-2-7-24(9-11)18-19-13-6-8-23(10-12(13)16(26)20-18)17(27)14-4-5-15(25)22-21-14/h11H,2-10H2,1H3,(H,22,25)(H,19,20,26)/t11-/m0/s1. The first-order valence-electron chi connectivity index (χ1n) is 9.53. The van der Waals surface area contributed by atoms with E-state index in [1.165, 1.54) is 6.42 Å². The molecule has 9 nitrogen and oxygen atoms in total. The van der Waals surface area contributed by atoms with Crippen LogP contribution in [-0.2, 0) is 22.6 Å². The maximum absolute atomic E-state index is 12.6. The number of H-pyrrole nitrogens is 1. The number of nitrogens with zero attached hydrogens (tertiary/aromatic N) is 4. The van der Waals surface area contributed by atoms with E-state index in [1.807, 2.05) is 0 Å². The van der Waals surface area contributed by atoms with E-state index in [9.17, 15) is 14.4 Å². The summed E-state index contributed by atoms with van der Waals surface area (Å²) in [6.45, 7) is 4.73. The Labute approximate surface area is 156 Å². The number of hydrogen-bond donors (Lipinski definition) is 2. The highest BCUT2D eigenvalue weighted by Gasteiger charge is 2.29. The topological polar surface area (TPSA) is 111 Å². The van der Waals surface area contributed by atoms with Gasteiger partial charge in [0.1, 0.15) is 5.71 Å². The highest BCUT2D eigenvalue weighted by atomic mass is 16.2. The van der Waals surface area contributed by atoms with Crippen LogP contribution in [0.2, 0.25) is 0 Å². The van der Waals surface area contributed by atoms with Crippen LogP contribution in [-0.4, -0.2) is 52.0 Å². The number of piperidine rings is 1. The van der Waals surface area contributed by atoms with Gasteiger partial charge >= 0.3 is 0 Å². The van der Waals surface area contributed by atoms with Crippen molar-refractivity contribution in [3.63, 3.8) is 0 Å². The molecule has 2 N–H and O–H groups in total. The Morgan fingerprint density at radius 2 is 2.04 bits per heavy atom. The van der Waals surface area contributed by atoms with Gasteiger partial charge in [0.15, 0.2) is 0 Å². The normalized spacial score (nSPS) is 22.8. The van der Waals surface area contributed by atoms with E-state index in [-0.39, 0.29) is 30.3 Å². The van der Waals surface area contributed by atoms with Crippen LogP contribution >= 0.6 is 0 Å². The molecule has 0 radical (unpaired) electrons. The quantitative estimate of drug-likeness (QED) is 0.768. The predicted octanol–water partition coefficient (Wildman–Crippen LogP) is 0.157. The van der Waals surface area contributed by atoms with Gasteiger partial charge in [0.05, 0.1) is 17.8 Å². The molecule has 9 heteroatoms. The third kappa shape index (κ3) is 3.58. The van der Waals surface area contributed by atoms with Crippen LogP contribution in [0.3, 0.4) is 0 Å². The van der Waals surface area contributed by atoms with Gasteiger partial charge < -0.3 is 9.80 Å². The summed E-state index contributed by atoms with van der Waals surface area (Å²) in [5, 5.41) is 3.86. The van der Waals surface area contributed by atoms with Crippen molar-refractivity contribution in [3.8, 4) is 0 Å². The number of amides is 2. The second kappa shape index (κ2) is 7.13. The number of hydrazone groups is 1. The zero-order valence-corrected chi connectivity index (χ0v) is 15.5. The van der Waals surface area contributed by atoms with Crippen LogP contribution in [0.5, 0.6) is 0 Å². The van der Waals surface area contributed by atoms with Crippen LogP contribution in [0.25, 0.3) is 0 Å². The Hall–Kier alpha value is -2.71. The molecule has 4 rings (SSSR count). The van der Waals surface area contributed by atoms with Gasteiger partial charge in [-0.15, -0.1) is 0 Å². The van der Waals surface area contributed by atoms with Crippen molar-refractivity contribution in [2.24, 2.45) is 11.0 Å². The fraction of sp³-hybridized carbons (Fsp3) is 0.611. The molecule has 0 unspecified atom stereocenters. The van der Waals surface area contributed by atoms with Crippen molar-refractivity contribution in [2.75, 3.05) is 24.5 Å². The fourth-order valence-corrected chi connectivity index (χ4v) is 3.93. The van der Waals surface area contributed by atoms with E-state index >= 15 is 0 Å². The van der Waals surface area contributed by atoms with Gasteiger partial charge in [-0.3, -0.25) is 19.4 Å². The Kier molecular flexibility index (Phi) is 4.67. The molecule has 4 heterocycles. The van der Waals surface area contributed by atoms with E-state index in [4.69, 9.17) is 4.98 Å². The van der Waals surface area contributed by atoms with E-state index in [0.717, 1.165) is 25.2 Å². The van der Waals surface area contributed by atoms with E-state index in [0.29, 0.717) is 42.5 Å². The molecule has 0 spiro atoms. The highest BCUT2D eigenvalue weighted by Crippen LogP contribution is 2.22. The summed E-state index contributed by atoms with van der Waals surface area (Å²) in [7, 11) is 0. The lowest BCUT2D eigenvalue weighted by molar-refractivity contribution is -0.125. The molecular weight excluding hydrogens is 348 g/mol. The van der Waals surface area contributed by atoms with E-state index in [2.05, 4.69) is 27.3 Å². The van der Waals surface area contributed by atoms with Crippen molar-refractivity contribution in [3.05, 3.63) is 21.6 Å². The first-order valence-corrected chi connectivity index (χ1v) is 9.53. The Morgan fingerprint density at radius 3 is 2.78 bits per heavy atom. The van der Waals surface area contributed by atoms with Gasteiger partial charge in [-0.2, -0.15) is 5.10 Å². The van der Waals surface area contributed by atoms with Crippen molar-refractivity contribution < 1.29 is 9.59 Å². The first kappa shape index (κ1) is 17.7. The summed E-state index contributed by atoms with van der Waals surface area (Å²) in [6, 6.07) is 0. The summed E-state index contributed by atoms with van der Waals surface area (Å²) < 4.78 is 0. The summed E-state index contributed by atoms with van der Waals surface area (Å²) >= 11 is 0. The molecule has 1 aromatic heterocycles. The van der Waals surface area contributed by atoms with Crippen molar-refractivity contribution in [1.82, 2.24) is 20.3 Å². The first-order chi connectivity index (χ1) is 13.0. The van der Waals surface area contributed by atoms with Crippen LogP contribution in [0, 0.1) is 5.92 Å². The van der Waals surface area contributed by atoms with E-state index < -0.39 is 0 Å². The average molecular weight is 372 g/mol. The molecule has 27 heavy (non-hydrogen) atoms. The van der Waals surface area contributed by atoms with E-state index in [1.54, 1.807) is 4.90 Å². The van der Waals surface area contributed by atoms with Gasteiger partial charge in [-0.1, -0.05) is 6.92 Å². The number of carbonyl (C=O) groups is 2. The van der Waals surface area contributed by atoms with Gasteiger partial charge in [-0.05, 0) is 18.8 Å². The largest absolute Gasteiger partial charge is 0.342 e. The summed E-state index contributed by atoms with van der Waals surface area (Å²) in [4.78, 5) is 47.8. The SMILES string of the molecule is C[C@H]1CCCN(c2nc3c(c(=O)[nH]2)CN(C(=O)C2=NNC(=O)CC2)CC3)C1. The predicted molar refractivity (Wildman–Crippen MR) is 99.4 cm³/mol. The number of carbonyl (C=O) groups excluding carboxylic acids is 2. The minimum atomic E-state index is -0.228. The molecule has 0 aromatic carbocycles. The zero-order chi connectivity index (χ0) is 19.0. The number of hydrogen-bond acceptors (Lipinski definition) is 6. The van der Waals surface area contributed by atoms with Gasteiger partial charge in [-0.25, -0.2) is 10.4 Å². The van der Waals surface area contributed by atoms with Crippen LogP contribution in [0.4, 0.5) is 5.95 Å². The van der Waals surface area contributed by atoms with Crippen molar-refractivity contribution >= 4 is 23.5 Å². The second-order valence-electron chi connectivity index (χ2n) is 7.58. The number of rotatable bonds is 2. The summed E-state index contributed by atoms with van der Waals surface area (Å²) in [6.07, 6.45) is 3.43. The molecule has 3 aliphatic heterocycles. The maximum atomic E-state index is 12.6. The molecule has 1 aromatic rings. The third-order valence-corrected chi connectivity index (χ3v) is 5.45. The molecule has 0 saturated carbocycles. The lowest BCUT2D eigenvalue weighted by Crippen LogP contribution is -2.45. The minimum absolute atomic E-state index is 0.176. The Bertz CT molecular complexity index is 861. The smallest absolute Gasteiger partial charge is 0.270 e. The van der Waals surface area contributed by atoms with Crippen LogP contribution < -0.4 is 15.9 Å². The van der Waals surface area contributed by atoms with Crippen molar-refractivity contribution in [2.45, 2.75) is 45.6 Å². The fourth-order valence-electron chi connectivity index (χ4n) is 3.93. The molecular formula is C18H24N6O3. The van der Waals surface area contributed by atoms with Crippen LogP contribution in [0.15, 0.2) is 9.90 Å². The molecule has 0 bridgehead atoms.